The highest BCUT2D eigenvalue weighted by molar-refractivity contribution is 5.96. The van der Waals surface area contributed by atoms with E-state index in [2.05, 4.69) is 19.0 Å². The molecule has 4 rings (SSSR count). The Bertz CT molecular complexity index is 936. The van der Waals surface area contributed by atoms with Crippen LogP contribution in [0, 0.1) is 12.8 Å². The van der Waals surface area contributed by atoms with Crippen molar-refractivity contribution in [1.82, 2.24) is 15.0 Å². The van der Waals surface area contributed by atoms with Gasteiger partial charge in [-0.2, -0.15) is 0 Å². The number of hydrogen-bond acceptors (Lipinski definition) is 6. The van der Waals surface area contributed by atoms with Crippen LogP contribution in [0.15, 0.2) is 34.9 Å². The quantitative estimate of drug-likeness (QED) is 0.645. The van der Waals surface area contributed by atoms with Crippen molar-refractivity contribution in [3.05, 3.63) is 47.3 Å². The van der Waals surface area contributed by atoms with Gasteiger partial charge >= 0.3 is 6.09 Å². The molecule has 2 atom stereocenters. The molecule has 2 aliphatic heterocycles. The smallest absolute Gasteiger partial charge is 0.410 e. The van der Waals surface area contributed by atoms with Gasteiger partial charge in [0.05, 0.1) is 11.7 Å². The number of carbonyl (C=O) groups is 2. The molecular formula is C24H31N3O5. The van der Waals surface area contributed by atoms with Crippen LogP contribution >= 0.6 is 0 Å². The fourth-order valence-electron chi connectivity index (χ4n) is 4.54. The third-order valence-corrected chi connectivity index (χ3v) is 6.65. The maximum Gasteiger partial charge on any atom is 0.410 e. The highest BCUT2D eigenvalue weighted by atomic mass is 16.6. The van der Waals surface area contributed by atoms with Gasteiger partial charge < -0.3 is 18.9 Å². The first kappa shape index (κ1) is 22.2. The van der Waals surface area contributed by atoms with Crippen molar-refractivity contribution >= 4 is 12.0 Å². The number of rotatable bonds is 7. The van der Waals surface area contributed by atoms with E-state index in [0.29, 0.717) is 48.4 Å². The Hall–Kier alpha value is -3.03. The van der Waals surface area contributed by atoms with Crippen molar-refractivity contribution in [3.63, 3.8) is 0 Å². The zero-order chi connectivity index (χ0) is 22.7. The second kappa shape index (κ2) is 9.63. The molecule has 0 saturated carbocycles. The summed E-state index contributed by atoms with van der Waals surface area (Å²) in [5, 5.41) is 4.00. The normalized spacial score (nSPS) is 20.3. The van der Waals surface area contributed by atoms with Crippen LogP contribution in [0.4, 0.5) is 4.79 Å². The molecule has 8 nitrogen and oxygen atoms in total. The molecule has 2 saturated heterocycles. The van der Waals surface area contributed by atoms with Crippen LogP contribution in [0.1, 0.15) is 54.9 Å². The molecule has 0 bridgehead atoms. The molecule has 2 amide bonds. The maximum absolute atomic E-state index is 13.3. The number of amides is 2. The molecule has 2 fully saturated rings. The number of cyclic esters (lactones) is 1. The SMILES string of the molecule is CCC(C)C1COC(=O)N1C1CCN(C(=O)c2c(C)noc2COc2ccccc2)CC1. The molecule has 0 aliphatic carbocycles. The van der Waals surface area contributed by atoms with Crippen LogP contribution in [0.2, 0.25) is 0 Å². The van der Waals surface area contributed by atoms with Crippen LogP contribution in [-0.4, -0.2) is 58.7 Å². The van der Waals surface area contributed by atoms with Crippen molar-refractivity contribution in [2.24, 2.45) is 5.92 Å². The zero-order valence-electron chi connectivity index (χ0n) is 19.0. The average molecular weight is 442 g/mol. The highest BCUT2D eigenvalue weighted by Gasteiger charge is 2.42. The Labute approximate surface area is 188 Å². The first-order valence-corrected chi connectivity index (χ1v) is 11.4. The molecule has 32 heavy (non-hydrogen) atoms. The summed E-state index contributed by atoms with van der Waals surface area (Å²) in [5.41, 5.74) is 1.03. The van der Waals surface area contributed by atoms with Crippen LogP contribution in [0.5, 0.6) is 5.75 Å². The summed E-state index contributed by atoms with van der Waals surface area (Å²) in [4.78, 5) is 29.4. The lowest BCUT2D eigenvalue weighted by molar-refractivity contribution is 0.0610. The number of nitrogens with zero attached hydrogens (tertiary/aromatic N) is 3. The van der Waals surface area contributed by atoms with Crippen LogP contribution in [0.3, 0.4) is 0 Å². The van der Waals surface area contributed by atoms with Gasteiger partial charge in [0.1, 0.15) is 24.5 Å². The number of aromatic nitrogens is 1. The van der Waals surface area contributed by atoms with E-state index < -0.39 is 0 Å². The molecule has 0 radical (unpaired) electrons. The van der Waals surface area contributed by atoms with E-state index in [1.807, 2.05) is 40.1 Å². The van der Waals surface area contributed by atoms with Crippen molar-refractivity contribution in [1.29, 1.82) is 0 Å². The van der Waals surface area contributed by atoms with Crippen molar-refractivity contribution < 1.29 is 23.6 Å². The number of piperidine rings is 1. The topological polar surface area (TPSA) is 85.1 Å². The van der Waals surface area contributed by atoms with Gasteiger partial charge in [0.25, 0.3) is 5.91 Å². The number of benzene rings is 1. The molecule has 1 aromatic carbocycles. The number of ether oxygens (including phenoxy) is 2. The lowest BCUT2D eigenvalue weighted by Gasteiger charge is -2.39. The number of carbonyl (C=O) groups excluding carboxylic acids is 2. The fraction of sp³-hybridized carbons (Fsp3) is 0.542. The summed E-state index contributed by atoms with van der Waals surface area (Å²) in [7, 11) is 0. The predicted molar refractivity (Wildman–Crippen MR) is 117 cm³/mol. The minimum Gasteiger partial charge on any atom is -0.486 e. The summed E-state index contributed by atoms with van der Waals surface area (Å²) in [6.07, 6.45) is 2.23. The summed E-state index contributed by atoms with van der Waals surface area (Å²) in [6, 6.07) is 9.60. The predicted octanol–water partition coefficient (Wildman–Crippen LogP) is 4.03. The van der Waals surface area contributed by atoms with Gasteiger partial charge in [0.2, 0.25) is 0 Å². The van der Waals surface area contributed by atoms with Gasteiger partial charge in [-0.1, -0.05) is 43.6 Å². The first-order chi connectivity index (χ1) is 15.5. The number of para-hydroxylation sites is 1. The lowest BCUT2D eigenvalue weighted by Crippen LogP contribution is -2.51. The molecule has 172 valence electrons. The molecule has 0 N–H and O–H groups in total. The monoisotopic (exact) mass is 441 g/mol. The summed E-state index contributed by atoms with van der Waals surface area (Å²) >= 11 is 0. The van der Waals surface area contributed by atoms with Crippen molar-refractivity contribution in [3.8, 4) is 5.75 Å². The van der Waals surface area contributed by atoms with Gasteiger partial charge in [0, 0.05) is 19.1 Å². The van der Waals surface area contributed by atoms with E-state index in [1.165, 1.54) is 0 Å². The second-order valence-corrected chi connectivity index (χ2v) is 8.63. The first-order valence-electron chi connectivity index (χ1n) is 11.4. The molecule has 0 spiro atoms. The summed E-state index contributed by atoms with van der Waals surface area (Å²) in [6.45, 7) is 7.80. The van der Waals surface area contributed by atoms with Gasteiger partial charge in [0.15, 0.2) is 5.76 Å². The summed E-state index contributed by atoms with van der Waals surface area (Å²) < 4.78 is 16.5. The van der Waals surface area contributed by atoms with Gasteiger partial charge in [-0.05, 0) is 37.8 Å². The largest absolute Gasteiger partial charge is 0.486 e. The van der Waals surface area contributed by atoms with E-state index in [1.54, 1.807) is 6.92 Å². The van der Waals surface area contributed by atoms with Gasteiger partial charge in [-0.3, -0.25) is 9.69 Å². The molecule has 2 aliphatic rings. The Morgan fingerprint density at radius 1 is 1.25 bits per heavy atom. The van der Waals surface area contributed by atoms with E-state index in [4.69, 9.17) is 14.0 Å². The molecule has 1 aromatic heterocycles. The standard InChI is InChI=1S/C24H31N3O5/c1-4-16(2)20-14-31-24(29)27(20)18-10-12-26(13-11-18)23(28)22-17(3)25-32-21(22)15-30-19-8-6-5-7-9-19/h5-9,16,18,20H,4,10-15H2,1-3H3. The molecule has 2 aromatic rings. The molecular weight excluding hydrogens is 410 g/mol. The van der Waals surface area contributed by atoms with Crippen molar-refractivity contribution in [2.45, 2.75) is 58.7 Å². The molecule has 3 heterocycles. The van der Waals surface area contributed by atoms with Crippen LogP contribution in [0.25, 0.3) is 0 Å². The zero-order valence-corrected chi connectivity index (χ0v) is 19.0. The Morgan fingerprint density at radius 3 is 2.66 bits per heavy atom. The number of aryl methyl sites for hydroxylation is 1. The maximum atomic E-state index is 13.3. The third kappa shape index (κ3) is 4.45. The Kier molecular flexibility index (Phi) is 6.67. The average Bonchev–Trinajstić information content (AvgIpc) is 3.39. The van der Waals surface area contributed by atoms with Crippen LogP contribution < -0.4 is 4.74 Å². The van der Waals surface area contributed by atoms with Gasteiger partial charge in [-0.25, -0.2) is 4.79 Å². The minimum absolute atomic E-state index is 0.0949. The van der Waals surface area contributed by atoms with E-state index in [9.17, 15) is 9.59 Å². The number of likely N-dealkylation sites (tertiary alicyclic amines) is 1. The molecule has 8 heteroatoms. The molecule has 2 unspecified atom stereocenters. The fourth-order valence-corrected chi connectivity index (χ4v) is 4.54. The Balaban J connectivity index is 1.40. The van der Waals surface area contributed by atoms with Crippen LogP contribution in [-0.2, 0) is 11.3 Å². The summed E-state index contributed by atoms with van der Waals surface area (Å²) in [5.74, 6) is 1.41. The second-order valence-electron chi connectivity index (χ2n) is 8.63. The highest BCUT2D eigenvalue weighted by Crippen LogP contribution is 2.29. The van der Waals surface area contributed by atoms with E-state index in [-0.39, 0.29) is 30.7 Å². The lowest BCUT2D eigenvalue weighted by atomic mass is 9.95. The van der Waals surface area contributed by atoms with E-state index in [0.717, 1.165) is 19.3 Å². The van der Waals surface area contributed by atoms with E-state index >= 15 is 0 Å². The van der Waals surface area contributed by atoms with Gasteiger partial charge in [-0.15, -0.1) is 0 Å². The third-order valence-electron chi connectivity index (χ3n) is 6.65. The number of hydrogen-bond donors (Lipinski definition) is 0. The Morgan fingerprint density at radius 2 is 1.97 bits per heavy atom. The van der Waals surface area contributed by atoms with Crippen molar-refractivity contribution in [2.75, 3.05) is 19.7 Å². The minimum atomic E-state index is -0.227.